The van der Waals surface area contributed by atoms with Crippen molar-refractivity contribution < 1.29 is 29.4 Å². The molecule has 0 heterocycles. The van der Waals surface area contributed by atoms with Crippen LogP contribution in [0, 0.1) is 0 Å². The first-order valence-corrected chi connectivity index (χ1v) is 10.7. The monoisotopic (exact) mass is 440 g/mol. The van der Waals surface area contributed by atoms with E-state index < -0.39 is 20.5 Å². The summed E-state index contributed by atoms with van der Waals surface area (Å²) >= 11 is 11.4. The molecule has 0 aliphatic heterocycles. The van der Waals surface area contributed by atoms with Gasteiger partial charge in [0.2, 0.25) is 0 Å². The Kier molecular flexibility index (Phi) is 7.27. The van der Waals surface area contributed by atoms with Crippen LogP contribution in [0.5, 0.6) is 5.75 Å². The molecule has 0 radical (unpaired) electrons. The summed E-state index contributed by atoms with van der Waals surface area (Å²) < 4.78 is 61.3. The Labute approximate surface area is 161 Å². The minimum Gasteiger partial charge on any atom is -0.362 e. The Balaban J connectivity index is 1.77. The fraction of sp³-hybridized carbons (Fsp3) is 0.200. The van der Waals surface area contributed by atoms with Gasteiger partial charge in [-0.3, -0.25) is 4.18 Å². The van der Waals surface area contributed by atoms with Gasteiger partial charge in [0, 0.05) is 10.0 Å². The van der Waals surface area contributed by atoms with Gasteiger partial charge >= 0.3 is 10.4 Å². The van der Waals surface area contributed by atoms with Crippen molar-refractivity contribution in [1.82, 2.24) is 0 Å². The molecule has 7 nitrogen and oxygen atoms in total. The molecular formula is C15H14Cl2O7S2. The maximum Gasteiger partial charge on any atom is 0.449 e. The second kappa shape index (κ2) is 9.03. The van der Waals surface area contributed by atoms with Gasteiger partial charge in [-0.1, -0.05) is 23.2 Å². The number of rotatable bonds is 9. The van der Waals surface area contributed by atoms with Gasteiger partial charge < -0.3 is 4.18 Å². The molecular weight excluding hydrogens is 427 g/mol. The number of hydrogen-bond acceptors (Lipinski definition) is 7. The van der Waals surface area contributed by atoms with Crippen LogP contribution in [-0.4, -0.2) is 30.0 Å². The van der Waals surface area contributed by atoms with Crippen LogP contribution in [0.1, 0.15) is 6.42 Å². The van der Waals surface area contributed by atoms with Crippen LogP contribution in [0.2, 0.25) is 10.0 Å². The summed E-state index contributed by atoms with van der Waals surface area (Å²) in [7, 11) is -8.24. The topological polar surface area (TPSA) is 96.0 Å². The Bertz CT molecular complexity index is 925. The predicted molar refractivity (Wildman–Crippen MR) is 96.2 cm³/mol. The van der Waals surface area contributed by atoms with Gasteiger partial charge in [0.25, 0.3) is 10.1 Å². The third-order valence-corrected chi connectivity index (χ3v) is 5.55. The SMILES string of the molecule is O=S(=O)(OCCCOS(=O)(=O)c1ccc(Cl)cc1)Oc1ccc(Cl)cc1. The molecule has 0 aromatic heterocycles. The van der Waals surface area contributed by atoms with Crippen molar-refractivity contribution in [2.75, 3.05) is 13.2 Å². The van der Waals surface area contributed by atoms with Crippen LogP contribution in [-0.2, 0) is 28.9 Å². The Morgan fingerprint density at radius 2 is 1.23 bits per heavy atom. The molecule has 0 aliphatic rings. The molecule has 0 aliphatic carbocycles. The van der Waals surface area contributed by atoms with Gasteiger partial charge in [0.1, 0.15) is 5.75 Å². The van der Waals surface area contributed by atoms with E-state index in [1.54, 1.807) is 0 Å². The maximum atomic E-state index is 11.9. The molecule has 0 saturated carbocycles. The summed E-state index contributed by atoms with van der Waals surface area (Å²) in [5, 5.41) is 0.818. The summed E-state index contributed by atoms with van der Waals surface area (Å²) in [5.74, 6) is 0.0379. The second-order valence-corrected chi connectivity index (χ2v) is 8.56. The van der Waals surface area contributed by atoms with E-state index in [0.717, 1.165) is 0 Å². The first-order valence-electron chi connectivity index (χ1n) is 7.17. The molecule has 2 rings (SSSR count). The summed E-state index contributed by atoms with van der Waals surface area (Å²) in [4.78, 5) is -0.0542. The lowest BCUT2D eigenvalue weighted by atomic mass is 10.3. The largest absolute Gasteiger partial charge is 0.449 e. The number of hydrogen-bond donors (Lipinski definition) is 0. The minimum atomic E-state index is -4.28. The molecule has 142 valence electrons. The third kappa shape index (κ3) is 6.75. The van der Waals surface area contributed by atoms with Gasteiger partial charge in [0.05, 0.1) is 18.1 Å². The van der Waals surface area contributed by atoms with Gasteiger partial charge in [0.15, 0.2) is 0 Å². The van der Waals surface area contributed by atoms with Crippen LogP contribution in [0.15, 0.2) is 53.4 Å². The number of benzene rings is 2. The Morgan fingerprint density at radius 1 is 0.731 bits per heavy atom. The van der Waals surface area contributed by atoms with Crippen LogP contribution >= 0.6 is 23.2 Å². The standard InChI is InChI=1S/C15H14Cl2O7S2/c16-12-2-6-14(7-3-12)24-26(20,21)23-11-1-10-22-25(18,19)15-8-4-13(17)5-9-15/h2-9H,1,10-11H2. The lowest BCUT2D eigenvalue weighted by Gasteiger charge is -2.08. The summed E-state index contributed by atoms with van der Waals surface area (Å²) in [6.45, 7) is -0.576. The van der Waals surface area contributed by atoms with Gasteiger partial charge in [-0.05, 0) is 55.0 Å². The predicted octanol–water partition coefficient (Wildman–Crippen LogP) is 3.43. The maximum absolute atomic E-state index is 11.9. The van der Waals surface area contributed by atoms with Crippen molar-refractivity contribution in [3.05, 3.63) is 58.6 Å². The summed E-state index contributed by atoms with van der Waals surface area (Å²) in [6, 6.07) is 11.1. The molecule has 2 aromatic rings. The smallest absolute Gasteiger partial charge is 0.362 e. The molecule has 0 bridgehead atoms. The molecule has 0 saturated heterocycles. The highest BCUT2D eigenvalue weighted by atomic mass is 35.5. The van der Waals surface area contributed by atoms with Crippen molar-refractivity contribution >= 4 is 43.7 Å². The fourth-order valence-electron chi connectivity index (χ4n) is 1.69. The molecule has 11 heteroatoms. The van der Waals surface area contributed by atoms with Gasteiger partial charge in [-0.15, -0.1) is 0 Å². The third-order valence-electron chi connectivity index (χ3n) is 2.87. The van der Waals surface area contributed by atoms with Crippen molar-refractivity contribution in [2.45, 2.75) is 11.3 Å². The number of halogens is 2. The zero-order valence-electron chi connectivity index (χ0n) is 13.2. The molecule has 0 atom stereocenters. The summed E-state index contributed by atoms with van der Waals surface area (Å²) in [5.41, 5.74) is 0. The highest BCUT2D eigenvalue weighted by Crippen LogP contribution is 2.18. The second-order valence-electron chi connectivity index (χ2n) is 4.85. The van der Waals surface area contributed by atoms with E-state index in [2.05, 4.69) is 4.18 Å². The molecule has 0 N–H and O–H groups in total. The first kappa shape index (κ1) is 20.9. The average Bonchev–Trinajstić information content (AvgIpc) is 2.56. The van der Waals surface area contributed by atoms with Gasteiger partial charge in [-0.2, -0.15) is 16.8 Å². The lowest BCUT2D eigenvalue weighted by Crippen LogP contribution is -2.15. The fourth-order valence-corrected chi connectivity index (χ4v) is 3.60. The zero-order chi connectivity index (χ0) is 19.2. The van der Waals surface area contributed by atoms with E-state index in [1.165, 1.54) is 48.5 Å². The molecule has 0 unspecified atom stereocenters. The first-order chi connectivity index (χ1) is 12.2. The van der Waals surface area contributed by atoms with Crippen LogP contribution in [0.3, 0.4) is 0 Å². The van der Waals surface area contributed by atoms with Crippen LogP contribution in [0.4, 0.5) is 0 Å². The zero-order valence-corrected chi connectivity index (χ0v) is 16.3. The molecule has 0 spiro atoms. The van der Waals surface area contributed by atoms with Gasteiger partial charge in [-0.25, -0.2) is 4.18 Å². The molecule has 26 heavy (non-hydrogen) atoms. The minimum absolute atomic E-state index is 0.00995. The van der Waals surface area contributed by atoms with E-state index >= 15 is 0 Å². The van der Waals surface area contributed by atoms with E-state index in [1.807, 2.05) is 0 Å². The Morgan fingerprint density at radius 3 is 1.81 bits per heavy atom. The average molecular weight is 441 g/mol. The molecule has 0 fully saturated rings. The van der Waals surface area contributed by atoms with Crippen molar-refractivity contribution in [3.63, 3.8) is 0 Å². The van der Waals surface area contributed by atoms with Crippen molar-refractivity contribution in [2.24, 2.45) is 0 Å². The Hall–Kier alpha value is -1.36. The summed E-state index contributed by atoms with van der Waals surface area (Å²) in [6.07, 6.45) is 0.00995. The van der Waals surface area contributed by atoms with Crippen molar-refractivity contribution in [1.29, 1.82) is 0 Å². The van der Waals surface area contributed by atoms with Crippen LogP contribution in [0.25, 0.3) is 0 Å². The van der Waals surface area contributed by atoms with E-state index in [9.17, 15) is 16.8 Å². The normalized spacial score (nSPS) is 12.1. The highest BCUT2D eigenvalue weighted by Gasteiger charge is 2.16. The lowest BCUT2D eigenvalue weighted by molar-refractivity contribution is 0.234. The highest BCUT2D eigenvalue weighted by molar-refractivity contribution is 7.86. The van der Waals surface area contributed by atoms with Crippen LogP contribution < -0.4 is 4.18 Å². The quantitative estimate of drug-likeness (QED) is 0.435. The van der Waals surface area contributed by atoms with Crippen molar-refractivity contribution in [3.8, 4) is 5.75 Å². The molecule has 0 amide bonds. The molecule has 2 aromatic carbocycles. The van der Waals surface area contributed by atoms with E-state index in [-0.39, 0.29) is 30.3 Å². The van der Waals surface area contributed by atoms with E-state index in [4.69, 9.17) is 31.6 Å². The van der Waals surface area contributed by atoms with E-state index in [0.29, 0.717) is 10.0 Å².